The lowest BCUT2D eigenvalue weighted by atomic mass is 9.90. The highest BCUT2D eigenvalue weighted by atomic mass is 16.5. The van der Waals surface area contributed by atoms with Crippen LogP contribution in [0.5, 0.6) is 17.6 Å². The molecule has 0 aliphatic carbocycles. The predicted octanol–water partition coefficient (Wildman–Crippen LogP) is 4.62. The van der Waals surface area contributed by atoms with Gasteiger partial charge in [-0.2, -0.15) is 4.98 Å². The van der Waals surface area contributed by atoms with Gasteiger partial charge < -0.3 is 19.9 Å². The van der Waals surface area contributed by atoms with Crippen LogP contribution in [-0.2, 0) is 17.8 Å². The molecule has 0 fully saturated rings. The fourth-order valence-electron chi connectivity index (χ4n) is 4.69. The Bertz CT molecular complexity index is 1310. The number of methoxy groups -OCH3 is 2. The van der Waals surface area contributed by atoms with Crippen molar-refractivity contribution in [3.63, 3.8) is 0 Å². The summed E-state index contributed by atoms with van der Waals surface area (Å²) < 4.78 is 16.8. The molecule has 0 saturated carbocycles. The van der Waals surface area contributed by atoms with E-state index in [1.54, 1.807) is 13.3 Å². The Morgan fingerprint density at radius 3 is 2.25 bits per heavy atom. The van der Waals surface area contributed by atoms with E-state index in [0.717, 1.165) is 36.4 Å². The molecular weight excluding hydrogens is 504 g/mol. The number of benzene rings is 3. The highest BCUT2D eigenvalue weighted by Crippen LogP contribution is 2.28. The van der Waals surface area contributed by atoms with Gasteiger partial charge >= 0.3 is 6.01 Å². The van der Waals surface area contributed by atoms with Gasteiger partial charge in [-0.05, 0) is 35.2 Å². The number of ether oxygens (including phenoxy) is 3. The molecule has 2 N–H and O–H groups in total. The Kier molecular flexibility index (Phi) is 10.5. The molecule has 0 spiro atoms. The zero-order chi connectivity index (χ0) is 28.2. The monoisotopic (exact) mass is 540 g/mol. The summed E-state index contributed by atoms with van der Waals surface area (Å²) in [5, 5.41) is 0. The lowest BCUT2D eigenvalue weighted by Crippen LogP contribution is -2.31. The summed E-state index contributed by atoms with van der Waals surface area (Å²) in [4.78, 5) is 22.4. The number of rotatable bonds is 15. The van der Waals surface area contributed by atoms with Crippen molar-refractivity contribution in [3.8, 4) is 17.6 Å². The lowest BCUT2D eigenvalue weighted by molar-refractivity contribution is -0.117. The number of hydrogen-bond donors (Lipinski definition) is 1. The number of carbonyl (C=O) groups excluding carboxylic acids is 1. The molecule has 0 aliphatic rings. The average Bonchev–Trinajstić information content (AvgIpc) is 2.98. The number of amides is 1. The van der Waals surface area contributed by atoms with Crippen LogP contribution >= 0.6 is 0 Å². The largest absolute Gasteiger partial charge is 0.494 e. The second-order valence-electron chi connectivity index (χ2n) is 9.49. The van der Waals surface area contributed by atoms with Crippen LogP contribution in [0.3, 0.4) is 0 Å². The quantitative estimate of drug-likeness (QED) is 0.220. The average molecular weight is 541 g/mol. The molecule has 4 rings (SSSR count). The Hall–Kier alpha value is -4.43. The Labute approximate surface area is 235 Å². The molecule has 8 heteroatoms. The molecular formula is C32H36N4O4. The molecule has 3 aromatic carbocycles. The normalized spacial score (nSPS) is 11.0. The van der Waals surface area contributed by atoms with E-state index in [9.17, 15) is 4.79 Å². The van der Waals surface area contributed by atoms with Crippen LogP contribution in [0.15, 0.2) is 91.1 Å². The molecule has 8 nitrogen and oxygen atoms in total. The van der Waals surface area contributed by atoms with E-state index in [-0.39, 0.29) is 24.3 Å². The first-order valence-electron chi connectivity index (χ1n) is 13.3. The maximum absolute atomic E-state index is 11.3. The van der Waals surface area contributed by atoms with Crippen LogP contribution in [0.4, 0.5) is 0 Å². The molecule has 40 heavy (non-hydrogen) atoms. The molecule has 0 atom stereocenters. The van der Waals surface area contributed by atoms with Crippen LogP contribution in [-0.4, -0.2) is 54.7 Å². The molecule has 1 amide bonds. The number of hydrogen-bond acceptors (Lipinski definition) is 7. The summed E-state index contributed by atoms with van der Waals surface area (Å²) in [7, 11) is 3.14. The van der Waals surface area contributed by atoms with Crippen molar-refractivity contribution in [1.82, 2.24) is 14.9 Å². The van der Waals surface area contributed by atoms with Gasteiger partial charge in [-0.1, -0.05) is 72.8 Å². The third-order valence-electron chi connectivity index (χ3n) is 6.58. The predicted molar refractivity (Wildman–Crippen MR) is 155 cm³/mol. The molecule has 208 valence electrons. The highest BCUT2D eigenvalue weighted by Gasteiger charge is 2.20. The first kappa shape index (κ1) is 28.6. The van der Waals surface area contributed by atoms with E-state index >= 15 is 0 Å². The second kappa shape index (κ2) is 14.6. The van der Waals surface area contributed by atoms with Crippen LogP contribution in [0, 0.1) is 0 Å². The first-order chi connectivity index (χ1) is 19.6. The van der Waals surface area contributed by atoms with Gasteiger partial charge in [0, 0.05) is 37.3 Å². The van der Waals surface area contributed by atoms with Crippen LogP contribution < -0.4 is 19.9 Å². The minimum Gasteiger partial charge on any atom is -0.494 e. The van der Waals surface area contributed by atoms with Gasteiger partial charge in [0.15, 0.2) is 0 Å². The van der Waals surface area contributed by atoms with Crippen LogP contribution in [0.2, 0.25) is 0 Å². The highest BCUT2D eigenvalue weighted by molar-refractivity contribution is 5.76. The van der Waals surface area contributed by atoms with E-state index in [4.69, 9.17) is 19.9 Å². The number of carbonyl (C=O) groups is 1. The molecule has 0 unspecified atom stereocenters. The zero-order valence-electron chi connectivity index (χ0n) is 23.0. The van der Waals surface area contributed by atoms with Gasteiger partial charge in [0.2, 0.25) is 11.8 Å². The van der Waals surface area contributed by atoms with Crippen LogP contribution in [0.1, 0.15) is 34.6 Å². The number of aromatic nitrogens is 2. The Morgan fingerprint density at radius 2 is 1.62 bits per heavy atom. The van der Waals surface area contributed by atoms with Gasteiger partial charge in [0.1, 0.15) is 5.75 Å². The molecule has 0 bridgehead atoms. The van der Waals surface area contributed by atoms with Crippen molar-refractivity contribution >= 4 is 5.91 Å². The lowest BCUT2D eigenvalue weighted by Gasteiger charge is -2.29. The maximum atomic E-state index is 11.3. The van der Waals surface area contributed by atoms with E-state index < -0.39 is 0 Å². The molecule has 0 saturated heterocycles. The molecule has 1 heterocycles. The van der Waals surface area contributed by atoms with Gasteiger partial charge in [-0.25, -0.2) is 4.98 Å². The van der Waals surface area contributed by atoms with Gasteiger partial charge in [0.05, 0.1) is 27.2 Å². The minimum absolute atomic E-state index is 0.166. The molecule has 4 aromatic rings. The van der Waals surface area contributed by atoms with Gasteiger partial charge in [0.25, 0.3) is 0 Å². The summed E-state index contributed by atoms with van der Waals surface area (Å²) >= 11 is 0. The van der Waals surface area contributed by atoms with E-state index in [1.165, 1.54) is 18.2 Å². The summed E-state index contributed by atoms with van der Waals surface area (Å²) in [6, 6.07) is 28.9. The van der Waals surface area contributed by atoms with Crippen molar-refractivity contribution in [3.05, 3.63) is 113 Å². The number of nitrogens with two attached hydrogens (primary N) is 1. The van der Waals surface area contributed by atoms with Crippen molar-refractivity contribution < 1.29 is 19.0 Å². The molecule has 1 aromatic heterocycles. The SMILES string of the molecule is COc1ncc(CN(CCCOc2cccc(CC(N)=O)c2)CC(c2ccccc2)c2ccccc2)c(OC)n1. The van der Waals surface area contributed by atoms with E-state index in [0.29, 0.717) is 19.0 Å². The Morgan fingerprint density at radius 1 is 0.925 bits per heavy atom. The third kappa shape index (κ3) is 8.28. The fourth-order valence-corrected chi connectivity index (χ4v) is 4.69. The Balaban J connectivity index is 1.52. The second-order valence-corrected chi connectivity index (χ2v) is 9.49. The summed E-state index contributed by atoms with van der Waals surface area (Å²) in [6.45, 7) is 2.66. The van der Waals surface area contributed by atoms with Crippen molar-refractivity contribution in [2.24, 2.45) is 5.73 Å². The fraction of sp³-hybridized carbons (Fsp3) is 0.281. The molecule has 0 aliphatic heterocycles. The standard InChI is InChI=1S/C32H36N4O4/c1-38-31-27(21-34-32(35-31)39-2)22-36(17-10-18-40-28-16-9-11-24(19-28)20-30(33)37)23-29(25-12-5-3-6-13-25)26-14-7-4-8-15-26/h3-9,11-16,19,21,29H,10,17-18,20,22-23H2,1-2H3,(H2,33,37). The topological polar surface area (TPSA) is 99.8 Å². The summed E-state index contributed by atoms with van der Waals surface area (Å²) in [6.07, 6.45) is 2.74. The zero-order valence-corrected chi connectivity index (χ0v) is 23.0. The van der Waals surface area contributed by atoms with Crippen molar-refractivity contribution in [1.29, 1.82) is 0 Å². The van der Waals surface area contributed by atoms with Gasteiger partial charge in [-0.15, -0.1) is 0 Å². The van der Waals surface area contributed by atoms with Crippen molar-refractivity contribution in [2.75, 3.05) is 33.9 Å². The minimum atomic E-state index is -0.364. The summed E-state index contributed by atoms with van der Waals surface area (Å²) in [5.41, 5.74) is 9.56. The van der Waals surface area contributed by atoms with E-state index in [1.807, 2.05) is 36.4 Å². The smallest absolute Gasteiger partial charge is 0.319 e. The number of nitrogens with zero attached hydrogens (tertiary/aromatic N) is 3. The first-order valence-corrected chi connectivity index (χ1v) is 13.3. The molecule has 0 radical (unpaired) electrons. The van der Waals surface area contributed by atoms with Crippen molar-refractivity contribution in [2.45, 2.75) is 25.3 Å². The van der Waals surface area contributed by atoms with Gasteiger partial charge in [-0.3, -0.25) is 9.69 Å². The summed E-state index contributed by atoms with van der Waals surface area (Å²) in [5.74, 6) is 1.02. The third-order valence-corrected chi connectivity index (χ3v) is 6.58. The van der Waals surface area contributed by atoms with E-state index in [2.05, 4.69) is 63.4 Å². The maximum Gasteiger partial charge on any atom is 0.319 e. The number of primary amides is 1. The van der Waals surface area contributed by atoms with Crippen LogP contribution in [0.25, 0.3) is 0 Å².